The first-order chi connectivity index (χ1) is 14.8. The van der Waals surface area contributed by atoms with Gasteiger partial charge in [-0.25, -0.2) is 0 Å². The summed E-state index contributed by atoms with van der Waals surface area (Å²) in [5.74, 6) is 0. The molecule has 2 fully saturated rings. The lowest BCUT2D eigenvalue weighted by atomic mass is 9.80. The van der Waals surface area contributed by atoms with Gasteiger partial charge in [-0.1, -0.05) is 19.3 Å². The summed E-state index contributed by atoms with van der Waals surface area (Å²) in [6.45, 7) is 13.8. The van der Waals surface area contributed by atoms with Gasteiger partial charge >= 0.3 is 0 Å². The molecule has 31 heavy (non-hydrogen) atoms. The average molecular weight is 446 g/mol. The molecule has 0 bridgehead atoms. The Morgan fingerprint density at radius 2 is 1.13 bits per heavy atom. The minimum Gasteiger partial charge on any atom is -0.382 e. The maximum Gasteiger partial charge on any atom is 0.0793 e. The maximum absolute atomic E-state index is 6.55. The molecule has 1 aliphatic carbocycles. The molecule has 0 aromatic heterocycles. The molecule has 1 saturated carbocycles. The molecule has 0 aromatic carbocycles. The van der Waals surface area contributed by atoms with Crippen LogP contribution in [0.2, 0.25) is 0 Å². The Morgan fingerprint density at radius 3 is 1.65 bits per heavy atom. The minimum atomic E-state index is -0.0517. The summed E-state index contributed by atoms with van der Waals surface area (Å²) in [5, 5.41) is 2.28. The molecule has 0 unspecified atom stereocenters. The number of rotatable bonds is 15. The van der Waals surface area contributed by atoms with E-state index in [9.17, 15) is 0 Å². The van der Waals surface area contributed by atoms with Gasteiger partial charge in [0, 0.05) is 18.2 Å². The van der Waals surface area contributed by atoms with E-state index >= 15 is 0 Å². The van der Waals surface area contributed by atoms with Crippen molar-refractivity contribution >= 4 is 0 Å². The van der Waals surface area contributed by atoms with Crippen molar-refractivity contribution in [3.63, 3.8) is 0 Å². The number of nitrogens with zero attached hydrogens (tertiary/aromatic N) is 1. The van der Waals surface area contributed by atoms with Crippen LogP contribution in [0.4, 0.5) is 0 Å². The number of methoxy groups -OCH3 is 1. The Balaban J connectivity index is 1.58. The van der Waals surface area contributed by atoms with Crippen molar-refractivity contribution in [1.82, 2.24) is 5.06 Å². The van der Waals surface area contributed by atoms with Crippen molar-refractivity contribution in [2.75, 3.05) is 60.0 Å². The smallest absolute Gasteiger partial charge is 0.0793 e. The first-order valence-electron chi connectivity index (χ1n) is 12.2. The van der Waals surface area contributed by atoms with Crippen molar-refractivity contribution < 1.29 is 28.5 Å². The molecule has 0 N–H and O–H groups in total. The Hall–Kier alpha value is -0.280. The molecule has 184 valence electrons. The zero-order chi connectivity index (χ0) is 22.6. The molecule has 0 spiro atoms. The molecule has 7 heteroatoms. The van der Waals surface area contributed by atoms with Gasteiger partial charge < -0.3 is 23.7 Å². The van der Waals surface area contributed by atoms with Gasteiger partial charge in [0.1, 0.15) is 0 Å². The predicted octanol–water partition coefficient (Wildman–Crippen LogP) is 3.99. The number of piperidine rings is 1. The fraction of sp³-hybridized carbons (Fsp3) is 1.00. The summed E-state index contributed by atoms with van der Waals surface area (Å²) >= 11 is 0. The van der Waals surface area contributed by atoms with Crippen molar-refractivity contribution in [3.05, 3.63) is 0 Å². The molecule has 2 rings (SSSR count). The lowest BCUT2D eigenvalue weighted by Gasteiger charge is -2.54. The van der Waals surface area contributed by atoms with Crippen molar-refractivity contribution in [1.29, 1.82) is 0 Å². The molecular weight excluding hydrogens is 398 g/mol. The van der Waals surface area contributed by atoms with Gasteiger partial charge in [0.2, 0.25) is 0 Å². The third kappa shape index (κ3) is 10.0. The van der Waals surface area contributed by atoms with E-state index in [1.54, 1.807) is 7.11 Å². The lowest BCUT2D eigenvalue weighted by molar-refractivity contribution is -0.319. The third-order valence-corrected chi connectivity index (χ3v) is 6.12. The molecular formula is C24H47NO6. The number of hydroxylamine groups is 2. The van der Waals surface area contributed by atoms with Gasteiger partial charge in [0.05, 0.1) is 65.1 Å². The molecule has 1 aliphatic heterocycles. The second-order valence-corrected chi connectivity index (χ2v) is 10.0. The highest BCUT2D eigenvalue weighted by Crippen LogP contribution is 2.41. The lowest BCUT2D eigenvalue weighted by Crippen LogP contribution is -2.62. The second kappa shape index (κ2) is 14.1. The first kappa shape index (κ1) is 27.0. The quantitative estimate of drug-likeness (QED) is 0.353. The monoisotopic (exact) mass is 445 g/mol. The van der Waals surface area contributed by atoms with E-state index in [4.69, 9.17) is 28.5 Å². The van der Waals surface area contributed by atoms with E-state index in [0.717, 1.165) is 12.8 Å². The second-order valence-electron chi connectivity index (χ2n) is 10.0. The van der Waals surface area contributed by atoms with Crippen LogP contribution >= 0.6 is 0 Å². The highest BCUT2D eigenvalue weighted by molar-refractivity contribution is 4.97. The SMILES string of the molecule is COCCOCCOCCOCCOC1CC(C)(C)N(OC2CCCCC2)C(C)(C)C1. The Bertz CT molecular complexity index is 449. The zero-order valence-corrected chi connectivity index (χ0v) is 20.7. The summed E-state index contributed by atoms with van der Waals surface area (Å²) in [6.07, 6.45) is 8.83. The first-order valence-corrected chi connectivity index (χ1v) is 12.2. The number of hydrogen-bond acceptors (Lipinski definition) is 7. The Kier molecular flexibility index (Phi) is 12.3. The molecule has 0 amide bonds. The largest absolute Gasteiger partial charge is 0.382 e. The number of ether oxygens (including phenoxy) is 5. The Morgan fingerprint density at radius 1 is 0.645 bits per heavy atom. The van der Waals surface area contributed by atoms with Crippen LogP contribution < -0.4 is 0 Å². The van der Waals surface area contributed by atoms with Gasteiger partial charge in [0.15, 0.2) is 0 Å². The fourth-order valence-electron chi connectivity index (χ4n) is 4.85. The number of hydrogen-bond donors (Lipinski definition) is 0. The minimum absolute atomic E-state index is 0.0517. The standard InChI is InChI=1S/C24H47NO6/c1-23(2)19-22(20-24(3,4)25(23)31-21-9-7-6-8-10-21)30-18-17-29-16-15-28-14-13-27-12-11-26-5/h21-22H,6-20H2,1-5H3. The highest BCUT2D eigenvalue weighted by atomic mass is 16.7. The van der Waals surface area contributed by atoms with Gasteiger partial charge in [-0.15, -0.1) is 0 Å². The van der Waals surface area contributed by atoms with Crippen molar-refractivity contribution in [3.8, 4) is 0 Å². The van der Waals surface area contributed by atoms with E-state index in [1.807, 2.05) is 0 Å². The molecule has 1 saturated heterocycles. The highest BCUT2D eigenvalue weighted by Gasteiger charge is 2.47. The summed E-state index contributed by atoms with van der Waals surface area (Å²) in [5.41, 5.74) is -0.103. The Labute approximate surface area is 190 Å². The van der Waals surface area contributed by atoms with Crippen molar-refractivity contribution in [2.45, 2.75) is 95.9 Å². The van der Waals surface area contributed by atoms with Crippen LogP contribution in [0.5, 0.6) is 0 Å². The zero-order valence-electron chi connectivity index (χ0n) is 20.7. The van der Waals surface area contributed by atoms with Gasteiger partial charge in [0.25, 0.3) is 0 Å². The molecule has 2 aliphatic rings. The average Bonchev–Trinajstić information content (AvgIpc) is 2.72. The summed E-state index contributed by atoms with van der Waals surface area (Å²) < 4.78 is 27.6. The van der Waals surface area contributed by atoms with Crippen LogP contribution in [-0.4, -0.2) is 88.3 Å². The molecule has 1 heterocycles. The summed E-state index contributed by atoms with van der Waals surface area (Å²) in [6, 6.07) is 0. The fourth-order valence-corrected chi connectivity index (χ4v) is 4.85. The molecule has 0 atom stereocenters. The molecule has 0 aromatic rings. The van der Waals surface area contributed by atoms with Gasteiger partial charge in [-0.3, -0.25) is 4.84 Å². The van der Waals surface area contributed by atoms with E-state index in [1.165, 1.54) is 32.1 Å². The van der Waals surface area contributed by atoms with Crippen LogP contribution in [0, 0.1) is 0 Å². The van der Waals surface area contributed by atoms with Crippen LogP contribution in [0.3, 0.4) is 0 Å². The van der Waals surface area contributed by atoms with Crippen LogP contribution in [0.15, 0.2) is 0 Å². The van der Waals surface area contributed by atoms with Crippen LogP contribution in [0.25, 0.3) is 0 Å². The van der Waals surface area contributed by atoms with E-state index in [-0.39, 0.29) is 17.2 Å². The summed E-state index contributed by atoms with van der Waals surface area (Å²) in [4.78, 5) is 6.55. The summed E-state index contributed by atoms with van der Waals surface area (Å²) in [7, 11) is 1.66. The van der Waals surface area contributed by atoms with E-state index in [2.05, 4.69) is 32.8 Å². The van der Waals surface area contributed by atoms with E-state index < -0.39 is 0 Å². The van der Waals surface area contributed by atoms with Gasteiger partial charge in [-0.2, -0.15) is 5.06 Å². The molecule has 7 nitrogen and oxygen atoms in total. The van der Waals surface area contributed by atoms with Crippen LogP contribution in [-0.2, 0) is 28.5 Å². The predicted molar refractivity (Wildman–Crippen MR) is 121 cm³/mol. The third-order valence-electron chi connectivity index (χ3n) is 6.12. The normalized spacial score (nSPS) is 22.7. The van der Waals surface area contributed by atoms with Crippen LogP contribution in [0.1, 0.15) is 72.6 Å². The van der Waals surface area contributed by atoms with E-state index in [0.29, 0.717) is 59.0 Å². The van der Waals surface area contributed by atoms with Gasteiger partial charge in [-0.05, 0) is 53.4 Å². The molecule has 0 radical (unpaired) electrons. The topological polar surface area (TPSA) is 58.6 Å². The maximum atomic E-state index is 6.55. The van der Waals surface area contributed by atoms with Crippen molar-refractivity contribution in [2.24, 2.45) is 0 Å².